The van der Waals surface area contributed by atoms with E-state index in [2.05, 4.69) is 15.9 Å². The number of alkyl halides is 1. The Morgan fingerprint density at radius 2 is 2.07 bits per heavy atom. The lowest BCUT2D eigenvalue weighted by Crippen LogP contribution is -2.45. The average molecular weight is 284 g/mol. The number of halogens is 1. The molecule has 0 radical (unpaired) electrons. The van der Waals surface area contributed by atoms with Gasteiger partial charge in [-0.2, -0.15) is 4.31 Å². The summed E-state index contributed by atoms with van der Waals surface area (Å²) in [7, 11) is -2.99. The van der Waals surface area contributed by atoms with Crippen molar-refractivity contribution >= 4 is 26.0 Å². The Bertz CT molecular complexity index is 262. The van der Waals surface area contributed by atoms with E-state index in [-0.39, 0.29) is 11.8 Å². The highest BCUT2D eigenvalue weighted by molar-refractivity contribution is 9.09. The van der Waals surface area contributed by atoms with Crippen LogP contribution < -0.4 is 0 Å². The molecule has 0 spiro atoms. The van der Waals surface area contributed by atoms with E-state index in [9.17, 15) is 8.42 Å². The van der Waals surface area contributed by atoms with E-state index in [1.807, 2.05) is 6.92 Å². The number of sulfonamides is 1. The molecule has 14 heavy (non-hydrogen) atoms. The van der Waals surface area contributed by atoms with Crippen molar-refractivity contribution in [1.82, 2.24) is 4.31 Å². The van der Waals surface area contributed by atoms with Gasteiger partial charge in [-0.25, -0.2) is 8.42 Å². The zero-order chi connectivity index (χ0) is 10.6. The van der Waals surface area contributed by atoms with Gasteiger partial charge in [0.05, 0.1) is 5.75 Å². The molecule has 0 N–H and O–H groups in total. The maximum absolute atomic E-state index is 11.9. The van der Waals surface area contributed by atoms with Gasteiger partial charge in [-0.3, -0.25) is 0 Å². The molecule has 0 aliphatic heterocycles. The zero-order valence-corrected chi connectivity index (χ0v) is 11.0. The highest BCUT2D eigenvalue weighted by Crippen LogP contribution is 2.27. The van der Waals surface area contributed by atoms with Gasteiger partial charge in [0.25, 0.3) is 0 Å². The summed E-state index contributed by atoms with van der Waals surface area (Å²) in [4.78, 5) is 0. The third-order valence-electron chi connectivity index (χ3n) is 2.61. The second kappa shape index (κ2) is 5.47. The van der Waals surface area contributed by atoms with Crippen molar-refractivity contribution in [3.8, 4) is 0 Å². The average Bonchev–Trinajstić information content (AvgIpc) is 2.00. The number of nitrogens with zero attached hydrogens (tertiary/aromatic N) is 1. The fraction of sp³-hybridized carbons (Fsp3) is 1.00. The second-order valence-corrected chi connectivity index (χ2v) is 6.53. The predicted molar refractivity (Wildman–Crippen MR) is 62.2 cm³/mol. The van der Waals surface area contributed by atoms with E-state index in [0.29, 0.717) is 13.0 Å². The fourth-order valence-electron chi connectivity index (χ4n) is 1.68. The molecule has 0 heterocycles. The number of hydrogen-bond acceptors (Lipinski definition) is 2. The number of hydrogen-bond donors (Lipinski definition) is 0. The molecule has 1 aliphatic carbocycles. The van der Waals surface area contributed by atoms with Gasteiger partial charge < -0.3 is 0 Å². The Kier molecular flexibility index (Phi) is 4.87. The molecular weight excluding hydrogens is 266 g/mol. The molecule has 1 fully saturated rings. The smallest absolute Gasteiger partial charge is 0.212 e. The molecule has 0 bridgehead atoms. The summed E-state index contributed by atoms with van der Waals surface area (Å²) in [5, 5.41) is 0.729. The minimum Gasteiger partial charge on any atom is -0.212 e. The molecule has 3 nitrogen and oxygen atoms in total. The summed E-state index contributed by atoms with van der Waals surface area (Å²) < 4.78 is 25.4. The van der Waals surface area contributed by atoms with Crippen molar-refractivity contribution in [3.05, 3.63) is 0 Å². The standard InChI is InChI=1S/C9H18BrNO2S/c1-2-8-14(12,13)11(7-6-10)9-4-3-5-9/h9H,2-8H2,1H3. The minimum atomic E-state index is -2.99. The highest BCUT2D eigenvalue weighted by Gasteiger charge is 2.32. The van der Waals surface area contributed by atoms with Crippen molar-refractivity contribution in [2.24, 2.45) is 0 Å². The molecule has 1 aliphatic rings. The van der Waals surface area contributed by atoms with Crippen molar-refractivity contribution in [2.45, 2.75) is 38.6 Å². The molecule has 0 atom stereocenters. The first-order valence-electron chi connectivity index (χ1n) is 5.17. The predicted octanol–water partition coefficient (Wildman–Crippen LogP) is 1.98. The van der Waals surface area contributed by atoms with Crippen LogP contribution in [0, 0.1) is 0 Å². The Hall–Kier alpha value is 0.390. The largest absolute Gasteiger partial charge is 0.214 e. The van der Waals surface area contributed by atoms with Gasteiger partial charge in [0, 0.05) is 17.9 Å². The maximum Gasteiger partial charge on any atom is 0.214 e. The first kappa shape index (κ1) is 12.5. The van der Waals surface area contributed by atoms with Crippen LogP contribution in [0.5, 0.6) is 0 Å². The normalized spacial score (nSPS) is 18.5. The van der Waals surface area contributed by atoms with Crippen LogP contribution in [0.25, 0.3) is 0 Å². The second-order valence-electron chi connectivity index (χ2n) is 3.70. The Morgan fingerprint density at radius 1 is 1.43 bits per heavy atom. The van der Waals surface area contributed by atoms with Crippen molar-refractivity contribution in [2.75, 3.05) is 17.6 Å². The van der Waals surface area contributed by atoms with E-state index in [4.69, 9.17) is 0 Å². The monoisotopic (exact) mass is 283 g/mol. The molecule has 0 saturated heterocycles. The lowest BCUT2D eigenvalue weighted by atomic mass is 9.93. The van der Waals surface area contributed by atoms with E-state index < -0.39 is 10.0 Å². The lowest BCUT2D eigenvalue weighted by Gasteiger charge is -2.36. The molecule has 0 aromatic heterocycles. The van der Waals surface area contributed by atoms with E-state index >= 15 is 0 Å². The van der Waals surface area contributed by atoms with Crippen LogP contribution in [0.3, 0.4) is 0 Å². The van der Waals surface area contributed by atoms with Crippen LogP contribution in [-0.2, 0) is 10.0 Å². The van der Waals surface area contributed by atoms with Crippen LogP contribution in [0.2, 0.25) is 0 Å². The summed E-state index contributed by atoms with van der Waals surface area (Å²) in [5.41, 5.74) is 0. The SMILES string of the molecule is CCCS(=O)(=O)N(CCBr)C1CCC1. The van der Waals surface area contributed by atoms with Crippen LogP contribution in [0.15, 0.2) is 0 Å². The van der Waals surface area contributed by atoms with Gasteiger partial charge in [0.1, 0.15) is 0 Å². The molecule has 1 rings (SSSR count). The lowest BCUT2D eigenvalue weighted by molar-refractivity contribution is 0.228. The quantitative estimate of drug-likeness (QED) is 0.699. The summed E-state index contributed by atoms with van der Waals surface area (Å²) in [6.45, 7) is 2.53. The number of rotatable bonds is 6. The molecule has 0 aromatic rings. The summed E-state index contributed by atoms with van der Waals surface area (Å²) in [6, 6.07) is 0.282. The van der Waals surface area contributed by atoms with Crippen LogP contribution >= 0.6 is 15.9 Å². The minimum absolute atomic E-state index is 0.282. The molecular formula is C9H18BrNO2S. The van der Waals surface area contributed by atoms with Crippen molar-refractivity contribution in [1.29, 1.82) is 0 Å². The molecule has 5 heteroatoms. The third-order valence-corrected chi connectivity index (χ3v) is 5.08. The van der Waals surface area contributed by atoms with E-state index in [0.717, 1.165) is 18.2 Å². The van der Waals surface area contributed by atoms with Gasteiger partial charge >= 0.3 is 0 Å². The van der Waals surface area contributed by atoms with Crippen molar-refractivity contribution in [3.63, 3.8) is 0 Å². The summed E-state index contributed by atoms with van der Waals surface area (Å²) >= 11 is 3.31. The molecule has 84 valence electrons. The zero-order valence-electron chi connectivity index (χ0n) is 8.58. The maximum atomic E-state index is 11.9. The van der Waals surface area contributed by atoms with Crippen LogP contribution in [0.1, 0.15) is 32.6 Å². The van der Waals surface area contributed by atoms with Gasteiger partial charge in [0.15, 0.2) is 0 Å². The highest BCUT2D eigenvalue weighted by atomic mass is 79.9. The molecule has 0 amide bonds. The topological polar surface area (TPSA) is 37.4 Å². The van der Waals surface area contributed by atoms with Gasteiger partial charge in [-0.05, 0) is 19.3 Å². The van der Waals surface area contributed by atoms with E-state index in [1.165, 1.54) is 6.42 Å². The van der Waals surface area contributed by atoms with Gasteiger partial charge in [0.2, 0.25) is 10.0 Å². The summed E-state index contributed by atoms with van der Waals surface area (Å²) in [5.74, 6) is 0.288. The van der Waals surface area contributed by atoms with Crippen molar-refractivity contribution < 1.29 is 8.42 Å². The Balaban J connectivity index is 2.65. The Labute approximate surface area is 95.0 Å². The van der Waals surface area contributed by atoms with Gasteiger partial charge in [-0.1, -0.05) is 29.3 Å². The fourth-order valence-corrected chi connectivity index (χ4v) is 4.08. The molecule has 1 saturated carbocycles. The van der Waals surface area contributed by atoms with E-state index in [1.54, 1.807) is 4.31 Å². The Morgan fingerprint density at radius 3 is 2.43 bits per heavy atom. The molecule has 0 unspecified atom stereocenters. The first-order chi connectivity index (χ1) is 6.61. The van der Waals surface area contributed by atoms with Crippen LogP contribution in [0.4, 0.5) is 0 Å². The summed E-state index contributed by atoms with van der Waals surface area (Å²) in [6.07, 6.45) is 3.95. The van der Waals surface area contributed by atoms with Gasteiger partial charge in [-0.15, -0.1) is 0 Å². The third kappa shape index (κ3) is 2.94. The van der Waals surface area contributed by atoms with Crippen LogP contribution in [-0.4, -0.2) is 36.4 Å². The molecule has 0 aromatic carbocycles. The first-order valence-corrected chi connectivity index (χ1v) is 7.90.